The van der Waals surface area contributed by atoms with E-state index in [2.05, 4.69) is 0 Å². The first-order valence-electron chi connectivity index (χ1n) is 31.8. The van der Waals surface area contributed by atoms with E-state index in [9.17, 15) is 127 Å². The number of aliphatic carboxylic acids is 1. The summed E-state index contributed by atoms with van der Waals surface area (Å²) in [6.45, 7) is -7.62. The molecule has 16 bridgehead atoms. The highest BCUT2D eigenvalue weighted by atomic mass is 32.2. The second kappa shape index (κ2) is 34.4. The van der Waals surface area contributed by atoms with Gasteiger partial charge in [0.2, 0.25) is 0 Å². The van der Waals surface area contributed by atoms with Gasteiger partial charge in [-0.05, 0) is 24.1 Å². The van der Waals surface area contributed by atoms with E-state index in [1.54, 1.807) is 24.3 Å². The van der Waals surface area contributed by atoms with Crippen molar-refractivity contribution in [2.24, 2.45) is 0 Å². The monoisotopic (exact) mass is 1460 g/mol. The second-order valence-corrected chi connectivity index (χ2v) is 26.2. The number of rotatable bonds is 13. The molecule has 24 unspecified atom stereocenters. The molecular weight excluding hydrogens is 1370 g/mol. The van der Waals surface area contributed by atoms with E-state index in [0.29, 0.717) is 10.5 Å². The first-order valence-corrected chi connectivity index (χ1v) is 32.8. The van der Waals surface area contributed by atoms with Crippen molar-refractivity contribution in [3.05, 3.63) is 29.8 Å². The average molecular weight is 1460 g/mol. The number of thioether (sulfide) groups is 1. The third kappa shape index (κ3) is 16.7. The predicted octanol–water partition coefficient (Wildman–Crippen LogP) is -14.6. The van der Waals surface area contributed by atoms with Crippen LogP contribution in [0.3, 0.4) is 0 Å². The van der Waals surface area contributed by atoms with Crippen molar-refractivity contribution in [1.82, 2.24) is 0 Å². The fraction of sp³-hybridized carbons (Fsp3) is 0.877. The number of aryl methyl sites for hydroxylation is 1. The Morgan fingerprint density at radius 1 is 0.293 bits per heavy atom. The Morgan fingerprint density at radius 3 is 0.697 bits per heavy atom. The Bertz CT molecular complexity index is 2670. The zero-order valence-corrected chi connectivity index (χ0v) is 52.9. The molecule has 30 aliphatic heterocycles. The van der Waals surface area contributed by atoms with Gasteiger partial charge < -0.3 is 198 Å². The Morgan fingerprint density at radius 2 is 0.495 bits per heavy atom. The van der Waals surface area contributed by atoms with Gasteiger partial charge in [-0.25, -0.2) is 0 Å². The Kier molecular flexibility index (Phi) is 27.4. The summed E-state index contributed by atoms with van der Waals surface area (Å²) in [6, 6.07) is 6.54. The van der Waals surface area contributed by atoms with Crippen LogP contribution in [0.5, 0.6) is 0 Å². The SMILES string of the molecule is O=C(O)CCc1cccc(SCC2O[C@@H]3O[C@@H]4C(CO)O[C@H](O[C@@H]5C(CO)O[C@H](O[C@@H]6C(CO)O[C@H](O[C@@H]7C(CO)O[C@H](O[C@@H]8C(CO)O[C@H](O[C@@H]9C(CO)O[C@H](O[C@@H]%10C(CO)O[C@H](O[C@H]2C(O)C3O)C(O)C%10O)C(O)C9O)C(O)C8O)C(O)C7O)C(O)C6O)C(O)C5O)C(O)C4O)c1. The van der Waals surface area contributed by atoms with Crippen LogP contribution in [0, 0.1) is 0 Å². The fourth-order valence-corrected chi connectivity index (χ4v) is 14.1. The zero-order valence-electron chi connectivity index (χ0n) is 52.1. The average Bonchev–Trinajstić information content (AvgIpc) is 0.779. The molecule has 99 heavy (non-hydrogen) atoms. The predicted molar refractivity (Wildman–Crippen MR) is 307 cm³/mol. The first kappa shape index (κ1) is 79.1. The fourth-order valence-electron chi connectivity index (χ4n) is 13.1. The third-order valence-corrected chi connectivity index (χ3v) is 19.7. The van der Waals surface area contributed by atoms with E-state index in [4.69, 9.17) is 75.8 Å². The van der Waals surface area contributed by atoms with Crippen molar-refractivity contribution in [3.63, 3.8) is 0 Å². The van der Waals surface area contributed by atoms with Crippen molar-refractivity contribution in [2.75, 3.05) is 52.0 Å². The second-order valence-electron chi connectivity index (χ2n) is 25.1. The summed E-state index contributed by atoms with van der Waals surface area (Å²) in [5, 5.41) is 268. The number of carbonyl (C=O) groups is 1. The summed E-state index contributed by atoms with van der Waals surface area (Å²) in [4.78, 5) is 11.9. The summed E-state index contributed by atoms with van der Waals surface area (Å²) < 4.78 is 93.2. The van der Waals surface area contributed by atoms with Crippen molar-refractivity contribution in [3.8, 4) is 0 Å². The molecule has 1 aromatic carbocycles. The summed E-state index contributed by atoms with van der Waals surface area (Å²) in [7, 11) is 0. The molecule has 0 aliphatic carbocycles. The van der Waals surface area contributed by atoms with Gasteiger partial charge in [-0.1, -0.05) is 12.1 Å². The van der Waals surface area contributed by atoms with Crippen LogP contribution in [0.1, 0.15) is 12.0 Å². The van der Waals surface area contributed by atoms with Crippen LogP contribution in [-0.4, -0.2) is 426 Å². The van der Waals surface area contributed by atoms with Crippen LogP contribution in [-0.2, 0) is 87.0 Å². The lowest BCUT2D eigenvalue weighted by atomic mass is 9.95. The van der Waals surface area contributed by atoms with Gasteiger partial charge in [0.05, 0.1) is 52.4 Å². The van der Waals surface area contributed by atoms with Crippen LogP contribution >= 0.6 is 11.8 Å². The first-order chi connectivity index (χ1) is 47.2. The minimum atomic E-state index is -2.27. The van der Waals surface area contributed by atoms with Gasteiger partial charge >= 0.3 is 5.97 Å². The molecule has 30 heterocycles. The molecule has 0 spiro atoms. The van der Waals surface area contributed by atoms with Gasteiger partial charge in [0.15, 0.2) is 50.3 Å². The van der Waals surface area contributed by atoms with Gasteiger partial charge in [-0.2, -0.15) is 0 Å². The van der Waals surface area contributed by atoms with Crippen LogP contribution in [0.2, 0.25) is 0 Å². The summed E-state index contributed by atoms with van der Waals surface area (Å²) in [5.74, 6) is -1.36. The minimum absolute atomic E-state index is 0.114. The van der Waals surface area contributed by atoms with E-state index in [-0.39, 0.29) is 18.6 Å². The molecule has 568 valence electrons. The molecular formula is C57H88O41S. The molecule has 0 radical (unpaired) electrons. The summed E-state index contributed by atoms with van der Waals surface area (Å²) in [5.41, 5.74) is 0.589. The molecule has 31 rings (SSSR count). The molecule has 1 aromatic rings. The maximum absolute atomic E-state index is 12.0. The lowest BCUT2D eigenvalue weighted by molar-refractivity contribution is -0.403. The van der Waals surface area contributed by atoms with Crippen molar-refractivity contribution < 1.29 is 203 Å². The Labute approximate surface area is 564 Å². The number of benzene rings is 1. The van der Waals surface area contributed by atoms with Gasteiger partial charge in [0.1, 0.15) is 189 Å². The van der Waals surface area contributed by atoms with Gasteiger partial charge in [-0.15, -0.1) is 11.8 Å². The largest absolute Gasteiger partial charge is 0.481 e. The Balaban J connectivity index is 0.933. The van der Waals surface area contributed by atoms with Crippen molar-refractivity contribution in [1.29, 1.82) is 0 Å². The molecule has 0 aromatic heterocycles. The minimum Gasteiger partial charge on any atom is -0.481 e. The number of ether oxygens (including phenoxy) is 16. The number of hydrogen-bond donors (Lipinski definition) is 24. The summed E-state index contributed by atoms with van der Waals surface area (Å²) >= 11 is 1.02. The Hall–Kier alpha value is -2.52. The topological polar surface area (TPSA) is 650 Å². The van der Waals surface area contributed by atoms with Crippen LogP contribution in [0.25, 0.3) is 0 Å². The highest BCUT2D eigenvalue weighted by Crippen LogP contribution is 2.41. The molecule has 24 N–H and O–H groups in total. The quantitative estimate of drug-likeness (QED) is 0.0816. The number of aliphatic hydroxyl groups excluding tert-OH is 23. The van der Waals surface area contributed by atoms with E-state index in [0.717, 1.165) is 11.8 Å². The van der Waals surface area contributed by atoms with Crippen molar-refractivity contribution >= 4 is 17.7 Å². The maximum Gasteiger partial charge on any atom is 0.303 e. The van der Waals surface area contributed by atoms with Gasteiger partial charge in [0.25, 0.3) is 0 Å². The van der Waals surface area contributed by atoms with Gasteiger partial charge in [-0.3, -0.25) is 4.79 Å². The number of carboxylic acid groups (broad SMARTS) is 1. The smallest absolute Gasteiger partial charge is 0.303 e. The maximum atomic E-state index is 12.0. The standard InChI is InChI=1S/C57H88O41S/c58-7-17-42-26(67)34(75)50(83-17)92-43-18(8-59)85-52(36(77)28(43)69)94-45-20(10-61)87-54(38(79)30(45)71)96-47-22(12-63)89-56(40(81)32(47)73)98-49-24(14-99-16-3-1-2-15(6-16)4-5-25(65)66)90-57(41(82)33(49)74)97-48-23(13-64)88-55(39(80)31(48)72)95-46-21(11-62)86-53(37(78)29(46)70)93-44-19(9-60)84-51(91-42)35(76)27(44)68/h1-3,6,17-24,26-64,67-82H,4-5,7-14H2,(H,65,66)/t17?,18?,19?,20?,21?,22?,23?,24?,26?,27?,28?,29?,30?,31?,32?,33?,34?,35?,36?,37?,38?,39?,40?,41?,42-,43-,44-,45-,46-,47-,48-,49-,50-,51-,52-,53-,54-,55-,56-,57-/m1/s1. The third-order valence-electron chi connectivity index (χ3n) is 18.7. The molecule has 30 saturated heterocycles. The van der Waals surface area contributed by atoms with Crippen molar-refractivity contribution in [2.45, 2.75) is 263 Å². The highest BCUT2D eigenvalue weighted by molar-refractivity contribution is 7.99. The normalized spacial score (nSPS) is 50.5. The van der Waals surface area contributed by atoms with E-state index in [1.807, 2.05) is 0 Å². The number of carboxylic acids is 1. The molecule has 30 fully saturated rings. The van der Waals surface area contributed by atoms with Crippen LogP contribution < -0.4 is 0 Å². The summed E-state index contributed by atoms with van der Waals surface area (Å²) in [6.07, 6.45) is -82.2. The van der Waals surface area contributed by atoms with Gasteiger partial charge in [0, 0.05) is 17.1 Å². The van der Waals surface area contributed by atoms with E-state index in [1.165, 1.54) is 0 Å². The molecule has 0 saturated carbocycles. The molecule has 30 aliphatic rings. The molecule has 40 atom stereocenters. The zero-order chi connectivity index (χ0) is 71.7. The lowest BCUT2D eigenvalue weighted by Gasteiger charge is -2.50. The molecule has 42 heteroatoms. The van der Waals surface area contributed by atoms with Crippen LogP contribution in [0.4, 0.5) is 0 Å². The molecule has 0 amide bonds. The number of aliphatic hydroxyl groups is 23. The highest BCUT2D eigenvalue weighted by Gasteiger charge is 2.60. The molecule has 41 nitrogen and oxygen atoms in total. The number of hydrogen-bond acceptors (Lipinski definition) is 41. The van der Waals surface area contributed by atoms with E-state index >= 15 is 0 Å². The van der Waals surface area contributed by atoms with Crippen LogP contribution in [0.15, 0.2) is 29.2 Å². The lowest BCUT2D eigenvalue weighted by Crippen LogP contribution is -2.69. The van der Waals surface area contributed by atoms with E-state index < -0.39 is 298 Å².